The second-order valence-electron chi connectivity index (χ2n) is 5.29. The van der Waals surface area contributed by atoms with Gasteiger partial charge in [-0.15, -0.1) is 0 Å². The van der Waals surface area contributed by atoms with E-state index in [0.717, 1.165) is 11.1 Å². The van der Waals surface area contributed by atoms with Crippen molar-refractivity contribution in [3.05, 3.63) is 59.7 Å². The normalized spacial score (nSPS) is 16.3. The fraction of sp³-hybridized carbons (Fsp3) is 0.188. The zero-order chi connectivity index (χ0) is 16.4. The molecule has 3 rings (SSSR count). The summed E-state index contributed by atoms with van der Waals surface area (Å²) in [6.07, 6.45) is 0. The van der Waals surface area contributed by atoms with Gasteiger partial charge in [0.15, 0.2) is 0 Å². The number of fused-ring (bicyclic) bond motifs is 1. The van der Waals surface area contributed by atoms with Crippen LogP contribution in [0.5, 0.6) is 5.75 Å². The summed E-state index contributed by atoms with van der Waals surface area (Å²) in [7, 11) is -3.90. The molecule has 0 aliphatic carbocycles. The average Bonchev–Trinajstić information content (AvgIpc) is 2.90. The first kappa shape index (κ1) is 15.4. The minimum atomic E-state index is -3.90. The van der Waals surface area contributed by atoms with Gasteiger partial charge in [0.25, 0.3) is 10.0 Å². The molecule has 7 heteroatoms. The van der Waals surface area contributed by atoms with Crippen molar-refractivity contribution in [3.63, 3.8) is 0 Å². The van der Waals surface area contributed by atoms with Crippen LogP contribution >= 0.6 is 0 Å². The molecule has 1 heterocycles. The molecule has 1 aliphatic heterocycles. The predicted molar refractivity (Wildman–Crippen MR) is 84.7 cm³/mol. The average molecular weight is 332 g/mol. The first-order valence-electron chi connectivity index (χ1n) is 7.07. The minimum absolute atomic E-state index is 0.0429. The van der Waals surface area contributed by atoms with E-state index in [4.69, 9.17) is 4.74 Å². The Kier molecular flexibility index (Phi) is 3.96. The zero-order valence-corrected chi connectivity index (χ0v) is 13.3. The zero-order valence-electron chi connectivity index (χ0n) is 12.4. The van der Waals surface area contributed by atoms with Gasteiger partial charge in [-0.3, -0.25) is 0 Å². The molecule has 0 saturated carbocycles. The maximum absolute atomic E-state index is 12.2. The van der Waals surface area contributed by atoms with E-state index in [1.54, 1.807) is 18.2 Å². The van der Waals surface area contributed by atoms with Crippen molar-refractivity contribution >= 4 is 16.1 Å². The smallest absolute Gasteiger partial charge is 0.329 e. The number of ether oxygens (including phenoxy) is 1. The molecule has 1 aliphatic rings. The van der Waals surface area contributed by atoms with Crippen LogP contribution < -0.4 is 14.8 Å². The van der Waals surface area contributed by atoms with Gasteiger partial charge in [-0.05, 0) is 25.1 Å². The van der Waals surface area contributed by atoms with Gasteiger partial charge < -0.3 is 10.1 Å². The molecule has 0 bridgehead atoms. The summed E-state index contributed by atoms with van der Waals surface area (Å²) < 4.78 is 31.8. The largest absolute Gasteiger partial charge is 0.491 e. The van der Waals surface area contributed by atoms with Gasteiger partial charge in [0, 0.05) is 5.56 Å². The van der Waals surface area contributed by atoms with E-state index >= 15 is 0 Å². The lowest BCUT2D eigenvalue weighted by Gasteiger charge is -2.13. The summed E-state index contributed by atoms with van der Waals surface area (Å²) in [6.45, 7) is 2.13. The highest BCUT2D eigenvalue weighted by Crippen LogP contribution is 2.31. The maximum atomic E-state index is 12.2. The van der Waals surface area contributed by atoms with Crippen LogP contribution in [0.3, 0.4) is 0 Å². The summed E-state index contributed by atoms with van der Waals surface area (Å²) in [4.78, 5) is 12.1. The molecule has 0 saturated heterocycles. The standard InChI is InChI=1S/C16H16N2O4S/c1-11-6-8-12(9-7-11)23(20,21)18-16(19)17-14-10-22-15-5-3-2-4-13(14)15/h2-9,14H,10H2,1H3,(H2,17,18,19). The van der Waals surface area contributed by atoms with Gasteiger partial charge in [0.2, 0.25) is 0 Å². The van der Waals surface area contributed by atoms with Crippen molar-refractivity contribution in [2.45, 2.75) is 17.9 Å². The third kappa shape index (κ3) is 3.29. The van der Waals surface area contributed by atoms with E-state index < -0.39 is 16.1 Å². The third-order valence-electron chi connectivity index (χ3n) is 3.56. The Bertz CT molecular complexity index is 831. The number of urea groups is 1. The molecule has 0 radical (unpaired) electrons. The van der Waals surface area contributed by atoms with Gasteiger partial charge in [0.05, 0.1) is 10.9 Å². The van der Waals surface area contributed by atoms with Crippen molar-refractivity contribution in [2.24, 2.45) is 0 Å². The molecule has 2 aromatic carbocycles. The number of carbonyl (C=O) groups excluding carboxylic acids is 1. The number of hydrogen-bond donors (Lipinski definition) is 2. The highest BCUT2D eigenvalue weighted by Gasteiger charge is 2.26. The molecular weight excluding hydrogens is 316 g/mol. The molecule has 2 aromatic rings. The number of carbonyl (C=O) groups is 1. The number of sulfonamides is 1. The Morgan fingerprint density at radius 2 is 1.83 bits per heavy atom. The lowest BCUT2D eigenvalue weighted by Crippen LogP contribution is -2.41. The van der Waals surface area contributed by atoms with E-state index in [-0.39, 0.29) is 17.5 Å². The summed E-state index contributed by atoms with van der Waals surface area (Å²) in [6, 6.07) is 12.4. The molecule has 23 heavy (non-hydrogen) atoms. The number of rotatable bonds is 3. The number of benzene rings is 2. The topological polar surface area (TPSA) is 84.5 Å². The van der Waals surface area contributed by atoms with E-state index in [1.807, 2.05) is 29.8 Å². The summed E-state index contributed by atoms with van der Waals surface area (Å²) in [5.74, 6) is 0.694. The van der Waals surface area contributed by atoms with Gasteiger partial charge in [-0.2, -0.15) is 0 Å². The monoisotopic (exact) mass is 332 g/mol. The Balaban J connectivity index is 1.69. The highest BCUT2D eigenvalue weighted by atomic mass is 32.2. The van der Waals surface area contributed by atoms with Crippen LogP contribution in [0.15, 0.2) is 53.4 Å². The van der Waals surface area contributed by atoms with E-state index in [0.29, 0.717) is 5.75 Å². The molecule has 1 atom stereocenters. The number of amides is 2. The summed E-state index contributed by atoms with van der Waals surface area (Å²) in [5, 5.41) is 2.62. The minimum Gasteiger partial charge on any atom is -0.491 e. The second kappa shape index (κ2) is 5.92. The quantitative estimate of drug-likeness (QED) is 0.902. The number of nitrogens with one attached hydrogen (secondary N) is 2. The lowest BCUT2D eigenvalue weighted by atomic mass is 10.1. The first-order chi connectivity index (χ1) is 11.0. The first-order valence-corrected chi connectivity index (χ1v) is 8.56. The van der Waals surface area contributed by atoms with Crippen LogP contribution in [-0.2, 0) is 10.0 Å². The van der Waals surface area contributed by atoms with Gasteiger partial charge >= 0.3 is 6.03 Å². The highest BCUT2D eigenvalue weighted by molar-refractivity contribution is 7.90. The number of para-hydroxylation sites is 1. The predicted octanol–water partition coefficient (Wildman–Crippen LogP) is 2.12. The van der Waals surface area contributed by atoms with Crippen LogP contribution in [0.4, 0.5) is 4.79 Å². The van der Waals surface area contributed by atoms with Crippen molar-refractivity contribution < 1.29 is 17.9 Å². The summed E-state index contributed by atoms with van der Waals surface area (Å²) in [5.41, 5.74) is 1.77. The molecule has 0 aromatic heterocycles. The van der Waals surface area contributed by atoms with E-state index in [1.165, 1.54) is 12.1 Å². The second-order valence-corrected chi connectivity index (χ2v) is 6.98. The molecule has 0 spiro atoms. The van der Waals surface area contributed by atoms with Crippen LogP contribution in [0.1, 0.15) is 17.2 Å². The molecule has 2 amide bonds. The van der Waals surface area contributed by atoms with Crippen molar-refractivity contribution in [2.75, 3.05) is 6.61 Å². The molecule has 120 valence electrons. The van der Waals surface area contributed by atoms with Gasteiger partial charge in [-0.1, -0.05) is 35.9 Å². The molecule has 1 unspecified atom stereocenters. The Morgan fingerprint density at radius 1 is 1.13 bits per heavy atom. The fourth-order valence-electron chi connectivity index (χ4n) is 2.37. The van der Waals surface area contributed by atoms with Gasteiger partial charge in [-0.25, -0.2) is 17.9 Å². The van der Waals surface area contributed by atoms with E-state index in [2.05, 4.69) is 5.32 Å². The summed E-state index contributed by atoms with van der Waals surface area (Å²) >= 11 is 0. The molecule has 2 N–H and O–H groups in total. The molecule has 6 nitrogen and oxygen atoms in total. The van der Waals surface area contributed by atoms with Crippen LogP contribution in [0.25, 0.3) is 0 Å². The van der Waals surface area contributed by atoms with Crippen LogP contribution in [0, 0.1) is 6.92 Å². The van der Waals surface area contributed by atoms with E-state index in [9.17, 15) is 13.2 Å². The van der Waals surface area contributed by atoms with Crippen LogP contribution in [0.2, 0.25) is 0 Å². The Hall–Kier alpha value is -2.54. The van der Waals surface area contributed by atoms with Crippen molar-refractivity contribution in [3.8, 4) is 5.75 Å². The van der Waals surface area contributed by atoms with Crippen LogP contribution in [-0.4, -0.2) is 21.1 Å². The lowest BCUT2D eigenvalue weighted by molar-refractivity contribution is 0.237. The maximum Gasteiger partial charge on any atom is 0.329 e. The molecular formula is C16H16N2O4S. The Morgan fingerprint density at radius 3 is 2.57 bits per heavy atom. The molecule has 0 fully saturated rings. The van der Waals surface area contributed by atoms with Crippen molar-refractivity contribution in [1.29, 1.82) is 0 Å². The number of hydrogen-bond acceptors (Lipinski definition) is 4. The van der Waals surface area contributed by atoms with Gasteiger partial charge in [0.1, 0.15) is 12.4 Å². The fourth-order valence-corrected chi connectivity index (χ4v) is 3.28. The SMILES string of the molecule is Cc1ccc(S(=O)(=O)NC(=O)NC2COc3ccccc32)cc1. The Labute approximate surface area is 134 Å². The third-order valence-corrected chi connectivity index (χ3v) is 4.91. The van der Waals surface area contributed by atoms with Crippen molar-refractivity contribution in [1.82, 2.24) is 10.0 Å². The number of aryl methyl sites for hydroxylation is 1.